The highest BCUT2D eigenvalue weighted by Crippen LogP contribution is 2.60. The fourth-order valence-electron chi connectivity index (χ4n) is 4.93. The maximum atomic E-state index is 4.15. The van der Waals surface area contributed by atoms with Gasteiger partial charge in [0.1, 0.15) is 0 Å². The van der Waals surface area contributed by atoms with Gasteiger partial charge in [0.15, 0.2) is 0 Å². The smallest absolute Gasteiger partial charge is 0.0584 e. The Bertz CT molecular complexity index is 842. The first-order valence-electron chi connectivity index (χ1n) is 10.9. The lowest BCUT2D eigenvalue weighted by Gasteiger charge is -2.34. The molecule has 3 aromatic rings. The number of fused-ring (bicyclic) bond motifs is 1. The van der Waals surface area contributed by atoms with Crippen molar-refractivity contribution in [2.75, 3.05) is 0 Å². The molecule has 4 atom stereocenters. The van der Waals surface area contributed by atoms with Crippen LogP contribution in [-0.4, -0.2) is 12.1 Å². The van der Waals surface area contributed by atoms with Gasteiger partial charge in [-0.15, -0.1) is 0 Å². The molecule has 2 fully saturated rings. The van der Waals surface area contributed by atoms with Gasteiger partial charge in [-0.1, -0.05) is 104 Å². The summed E-state index contributed by atoms with van der Waals surface area (Å²) < 4.78 is 0. The van der Waals surface area contributed by atoms with E-state index < -0.39 is 7.92 Å². The van der Waals surface area contributed by atoms with Gasteiger partial charge in [0.2, 0.25) is 0 Å². The van der Waals surface area contributed by atoms with Crippen molar-refractivity contribution in [3.05, 3.63) is 102 Å². The predicted octanol–water partition coefficient (Wildman–Crippen LogP) is 5.70. The average Bonchev–Trinajstić information content (AvgIpc) is 2.98. The van der Waals surface area contributed by atoms with Crippen LogP contribution in [0.25, 0.3) is 0 Å². The summed E-state index contributed by atoms with van der Waals surface area (Å²) in [4.78, 5) is 0. The molecule has 0 radical (unpaired) electrons. The Kier molecular flexibility index (Phi) is 5.76. The van der Waals surface area contributed by atoms with Gasteiger partial charge in [0, 0.05) is 12.1 Å². The molecule has 0 bridgehead atoms. The van der Waals surface area contributed by atoms with Gasteiger partial charge in [0.05, 0.1) is 11.6 Å². The zero-order chi connectivity index (χ0) is 19.5. The minimum Gasteiger partial charge on any atom is -0.302 e. The molecular formula is C26H29N2P. The Hall–Kier alpha value is -1.99. The quantitative estimate of drug-likeness (QED) is 0.552. The highest BCUT2D eigenvalue weighted by Gasteiger charge is 2.41. The van der Waals surface area contributed by atoms with Crippen LogP contribution in [0.4, 0.5) is 0 Å². The van der Waals surface area contributed by atoms with Gasteiger partial charge in [-0.2, -0.15) is 0 Å². The van der Waals surface area contributed by atoms with Crippen LogP contribution >= 0.6 is 7.92 Å². The van der Waals surface area contributed by atoms with Crippen LogP contribution in [0, 0.1) is 0 Å². The molecule has 5 rings (SSSR count). The highest BCUT2D eigenvalue weighted by atomic mass is 31.1. The van der Waals surface area contributed by atoms with Crippen molar-refractivity contribution in [3.63, 3.8) is 0 Å². The van der Waals surface area contributed by atoms with Crippen molar-refractivity contribution in [1.29, 1.82) is 0 Å². The Balaban J connectivity index is 1.65. The monoisotopic (exact) mass is 400 g/mol. The minimum absolute atomic E-state index is 0.347. The molecular weight excluding hydrogens is 371 g/mol. The Morgan fingerprint density at radius 3 is 1.41 bits per heavy atom. The largest absolute Gasteiger partial charge is 0.302 e. The van der Waals surface area contributed by atoms with Gasteiger partial charge >= 0.3 is 0 Å². The second-order valence-corrected chi connectivity index (χ2v) is 10.6. The van der Waals surface area contributed by atoms with Crippen molar-refractivity contribution in [2.24, 2.45) is 0 Å². The van der Waals surface area contributed by atoms with Crippen molar-refractivity contribution < 1.29 is 0 Å². The summed E-state index contributed by atoms with van der Waals surface area (Å²) in [6.07, 6.45) is 5.19. The van der Waals surface area contributed by atoms with E-state index in [0.717, 1.165) is 0 Å². The fourth-order valence-corrected chi connectivity index (χ4v) is 8.03. The lowest BCUT2D eigenvalue weighted by molar-refractivity contribution is 0.287. The zero-order valence-electron chi connectivity index (χ0n) is 16.7. The molecule has 29 heavy (non-hydrogen) atoms. The first-order valence-corrected chi connectivity index (χ1v) is 12.3. The first-order chi connectivity index (χ1) is 14.4. The van der Waals surface area contributed by atoms with E-state index >= 15 is 0 Å². The molecule has 0 aromatic heterocycles. The molecule has 1 heterocycles. The van der Waals surface area contributed by atoms with Gasteiger partial charge in [-0.25, -0.2) is 0 Å². The van der Waals surface area contributed by atoms with Crippen LogP contribution in [0.3, 0.4) is 0 Å². The summed E-state index contributed by atoms with van der Waals surface area (Å²) in [6, 6.07) is 34.5. The van der Waals surface area contributed by atoms with E-state index in [1.165, 1.54) is 42.1 Å². The molecule has 1 saturated carbocycles. The van der Waals surface area contributed by atoms with E-state index in [4.69, 9.17) is 0 Å². The maximum Gasteiger partial charge on any atom is 0.0584 e. The zero-order valence-corrected chi connectivity index (χ0v) is 17.6. The summed E-state index contributed by atoms with van der Waals surface area (Å²) in [7, 11) is -0.532. The lowest BCUT2D eigenvalue weighted by Crippen LogP contribution is -2.48. The predicted molar refractivity (Wildman–Crippen MR) is 124 cm³/mol. The normalized spacial score (nSPS) is 29.6. The first kappa shape index (κ1) is 19.0. The van der Waals surface area contributed by atoms with Crippen LogP contribution in [0.2, 0.25) is 0 Å². The van der Waals surface area contributed by atoms with Gasteiger partial charge < -0.3 is 10.6 Å². The molecule has 148 valence electrons. The maximum absolute atomic E-state index is 4.15. The third-order valence-electron chi connectivity index (χ3n) is 6.35. The van der Waals surface area contributed by atoms with Gasteiger partial charge in [-0.05, 0) is 37.2 Å². The number of hydrogen-bond donors (Lipinski definition) is 2. The summed E-state index contributed by atoms with van der Waals surface area (Å²) >= 11 is 0. The minimum atomic E-state index is -0.532. The van der Waals surface area contributed by atoms with Crippen molar-refractivity contribution in [2.45, 2.75) is 49.3 Å². The molecule has 3 heteroatoms. The molecule has 3 aromatic carbocycles. The Labute approximate surface area is 175 Å². The second kappa shape index (κ2) is 8.79. The number of nitrogens with one attached hydrogen (secondary N) is 2. The van der Waals surface area contributed by atoms with Gasteiger partial charge in [0.25, 0.3) is 0 Å². The standard InChI is InChI=1S/C26H29N2P/c1-4-12-20(13-5-1)25-27-23-18-10-11-19-24(23)28-26(21-14-6-2-7-15-21)29(25)22-16-8-3-9-17-22/h1-9,12-17,23-28H,10-11,18-19H2. The lowest BCUT2D eigenvalue weighted by atomic mass is 9.90. The average molecular weight is 401 g/mol. The molecule has 0 amide bonds. The Morgan fingerprint density at radius 2 is 0.966 bits per heavy atom. The molecule has 2 N–H and O–H groups in total. The third kappa shape index (κ3) is 4.03. The van der Waals surface area contributed by atoms with Crippen LogP contribution in [0.1, 0.15) is 48.4 Å². The molecule has 0 spiro atoms. The summed E-state index contributed by atoms with van der Waals surface area (Å²) in [5.41, 5.74) is 2.83. The SMILES string of the molecule is c1ccc(C2NC3CCCCC3NC(c3ccccc3)P2c2ccccc2)cc1. The number of benzene rings is 3. The number of hydrogen-bond acceptors (Lipinski definition) is 2. The summed E-state index contributed by atoms with van der Waals surface area (Å²) in [5, 5.41) is 9.76. The van der Waals surface area contributed by atoms with Crippen LogP contribution in [0.15, 0.2) is 91.0 Å². The van der Waals surface area contributed by atoms with Gasteiger partial charge in [-0.3, -0.25) is 0 Å². The van der Waals surface area contributed by atoms with Crippen LogP contribution in [0.5, 0.6) is 0 Å². The van der Waals surface area contributed by atoms with E-state index in [1.54, 1.807) is 0 Å². The van der Waals surface area contributed by atoms with E-state index in [-0.39, 0.29) is 0 Å². The van der Waals surface area contributed by atoms with Crippen LogP contribution < -0.4 is 15.9 Å². The third-order valence-corrected chi connectivity index (χ3v) is 9.25. The topological polar surface area (TPSA) is 24.1 Å². The highest BCUT2D eigenvalue weighted by molar-refractivity contribution is 7.66. The van der Waals surface area contributed by atoms with E-state index in [2.05, 4.69) is 102 Å². The summed E-state index contributed by atoms with van der Waals surface area (Å²) in [6.45, 7) is 0. The Morgan fingerprint density at radius 1 is 0.552 bits per heavy atom. The van der Waals surface area contributed by atoms with Crippen LogP contribution in [-0.2, 0) is 0 Å². The fraction of sp³-hybridized carbons (Fsp3) is 0.308. The van der Waals surface area contributed by atoms with E-state index in [9.17, 15) is 0 Å². The summed E-state index contributed by atoms with van der Waals surface area (Å²) in [5.74, 6) is 0.693. The molecule has 2 nitrogen and oxygen atoms in total. The van der Waals surface area contributed by atoms with E-state index in [1.807, 2.05) is 0 Å². The van der Waals surface area contributed by atoms with Crippen molar-refractivity contribution >= 4 is 13.2 Å². The molecule has 4 unspecified atom stereocenters. The molecule has 1 aliphatic heterocycles. The molecule has 1 aliphatic carbocycles. The van der Waals surface area contributed by atoms with E-state index in [0.29, 0.717) is 23.6 Å². The van der Waals surface area contributed by atoms with Crippen molar-refractivity contribution in [3.8, 4) is 0 Å². The van der Waals surface area contributed by atoms with Crippen molar-refractivity contribution in [1.82, 2.24) is 10.6 Å². The molecule has 2 aliphatic rings. The second-order valence-electron chi connectivity index (χ2n) is 8.20. The number of rotatable bonds is 3. The molecule has 1 saturated heterocycles.